The summed E-state index contributed by atoms with van der Waals surface area (Å²) in [5, 5.41) is 14.0. The molecule has 0 aliphatic heterocycles. The van der Waals surface area contributed by atoms with Crippen LogP contribution in [0, 0.1) is 10.1 Å². The number of nitrogens with one attached hydrogen (secondary N) is 1. The number of anilines is 1. The lowest BCUT2D eigenvalue weighted by Gasteiger charge is -2.17. The molecular weight excluding hydrogens is 236 g/mol. The third-order valence-corrected chi connectivity index (χ3v) is 2.57. The maximum atomic E-state index is 10.9. The van der Waals surface area contributed by atoms with E-state index in [0.29, 0.717) is 18.6 Å². The first-order valence-corrected chi connectivity index (χ1v) is 5.61. The highest BCUT2D eigenvalue weighted by atomic mass is 16.6. The van der Waals surface area contributed by atoms with Gasteiger partial charge in [-0.1, -0.05) is 6.92 Å². The topological polar surface area (TPSA) is 81.5 Å². The van der Waals surface area contributed by atoms with E-state index < -0.39 is 4.92 Å². The van der Waals surface area contributed by atoms with Gasteiger partial charge in [-0.15, -0.1) is 0 Å². The summed E-state index contributed by atoms with van der Waals surface area (Å²) in [6.45, 7) is 2.42. The number of nitrogens with zero attached hydrogens (tertiary/aromatic N) is 1. The molecule has 0 fully saturated rings. The van der Waals surface area contributed by atoms with Crippen molar-refractivity contribution in [2.45, 2.75) is 19.4 Å². The first-order valence-electron chi connectivity index (χ1n) is 5.61. The van der Waals surface area contributed by atoms with Gasteiger partial charge in [-0.2, -0.15) is 0 Å². The maximum Gasteiger partial charge on any atom is 0.293 e. The number of methoxy groups -OCH3 is 1. The molecule has 0 spiro atoms. The van der Waals surface area contributed by atoms with Crippen molar-refractivity contribution in [3.63, 3.8) is 0 Å². The molecule has 1 aromatic carbocycles. The summed E-state index contributed by atoms with van der Waals surface area (Å²) in [5.41, 5.74) is 0.579. The number of carbonyl (C=O) groups excluding carboxylic acids is 1. The summed E-state index contributed by atoms with van der Waals surface area (Å²) in [5.74, 6) is 0. The number of aldehydes is 1. The van der Waals surface area contributed by atoms with Crippen molar-refractivity contribution in [3.05, 3.63) is 33.9 Å². The minimum absolute atomic E-state index is 0.00391. The average molecular weight is 252 g/mol. The van der Waals surface area contributed by atoms with E-state index in [1.807, 2.05) is 6.92 Å². The zero-order chi connectivity index (χ0) is 13.5. The highest BCUT2D eigenvalue weighted by molar-refractivity contribution is 5.79. The van der Waals surface area contributed by atoms with E-state index in [0.717, 1.165) is 6.42 Å². The maximum absolute atomic E-state index is 10.9. The quantitative estimate of drug-likeness (QED) is 0.457. The van der Waals surface area contributed by atoms with Crippen molar-refractivity contribution in [1.29, 1.82) is 0 Å². The molecule has 0 saturated heterocycles. The standard InChI is InChI=1S/C12H16N2O4/c1-3-10(8-18-2)13-11-5-4-9(7-15)6-12(11)14(16)17/h4-7,10,13H,3,8H2,1-2H3. The zero-order valence-electron chi connectivity index (χ0n) is 10.4. The lowest BCUT2D eigenvalue weighted by atomic mass is 10.1. The fourth-order valence-corrected chi connectivity index (χ4v) is 1.58. The number of nitro groups is 1. The van der Waals surface area contributed by atoms with Gasteiger partial charge in [-0.3, -0.25) is 14.9 Å². The Balaban J connectivity index is 3.00. The summed E-state index contributed by atoms with van der Waals surface area (Å²) in [6.07, 6.45) is 1.36. The van der Waals surface area contributed by atoms with Crippen molar-refractivity contribution in [3.8, 4) is 0 Å². The van der Waals surface area contributed by atoms with Gasteiger partial charge in [0.25, 0.3) is 5.69 Å². The average Bonchev–Trinajstić information content (AvgIpc) is 2.38. The van der Waals surface area contributed by atoms with Gasteiger partial charge in [0.1, 0.15) is 12.0 Å². The summed E-state index contributed by atoms with van der Waals surface area (Å²) in [6, 6.07) is 4.34. The monoisotopic (exact) mass is 252 g/mol. The Morgan fingerprint density at radius 1 is 1.56 bits per heavy atom. The molecule has 1 N–H and O–H groups in total. The molecule has 0 saturated carbocycles. The third kappa shape index (κ3) is 3.53. The lowest BCUT2D eigenvalue weighted by molar-refractivity contribution is -0.384. The molecule has 0 heterocycles. The van der Waals surface area contributed by atoms with Crippen LogP contribution in [-0.4, -0.2) is 31.0 Å². The normalized spacial score (nSPS) is 11.9. The Bertz CT molecular complexity index is 434. The van der Waals surface area contributed by atoms with E-state index in [2.05, 4.69) is 5.32 Å². The summed E-state index contributed by atoms with van der Waals surface area (Å²) >= 11 is 0. The molecule has 1 unspecified atom stereocenters. The van der Waals surface area contributed by atoms with E-state index in [1.165, 1.54) is 6.07 Å². The Kier molecular flexibility index (Phi) is 5.26. The predicted molar refractivity (Wildman–Crippen MR) is 68.1 cm³/mol. The number of ether oxygens (including phenoxy) is 1. The fraction of sp³-hybridized carbons (Fsp3) is 0.417. The molecule has 98 valence electrons. The molecule has 0 aromatic heterocycles. The molecule has 18 heavy (non-hydrogen) atoms. The zero-order valence-corrected chi connectivity index (χ0v) is 10.4. The molecule has 6 heteroatoms. The van der Waals surface area contributed by atoms with E-state index >= 15 is 0 Å². The van der Waals surface area contributed by atoms with E-state index in [9.17, 15) is 14.9 Å². The molecule has 0 aliphatic rings. The minimum atomic E-state index is -0.505. The number of carbonyl (C=O) groups is 1. The van der Waals surface area contributed by atoms with Crippen LogP contribution in [0.3, 0.4) is 0 Å². The Morgan fingerprint density at radius 2 is 2.28 bits per heavy atom. The molecule has 1 aromatic rings. The second-order valence-corrected chi connectivity index (χ2v) is 3.86. The molecular formula is C12H16N2O4. The number of hydrogen-bond acceptors (Lipinski definition) is 5. The van der Waals surface area contributed by atoms with Crippen molar-refractivity contribution >= 4 is 17.7 Å². The van der Waals surface area contributed by atoms with Gasteiger partial charge in [-0.25, -0.2) is 0 Å². The first kappa shape index (κ1) is 14.1. The van der Waals surface area contributed by atoms with Crippen LogP contribution >= 0.6 is 0 Å². The number of hydrogen-bond donors (Lipinski definition) is 1. The van der Waals surface area contributed by atoms with E-state index in [1.54, 1.807) is 19.2 Å². The van der Waals surface area contributed by atoms with Crippen LogP contribution < -0.4 is 5.32 Å². The van der Waals surface area contributed by atoms with Crippen molar-refractivity contribution < 1.29 is 14.5 Å². The van der Waals surface area contributed by atoms with Gasteiger partial charge in [-0.05, 0) is 18.6 Å². The van der Waals surface area contributed by atoms with Crippen molar-refractivity contribution in [2.75, 3.05) is 19.0 Å². The Morgan fingerprint density at radius 3 is 2.78 bits per heavy atom. The molecule has 6 nitrogen and oxygen atoms in total. The second-order valence-electron chi connectivity index (χ2n) is 3.86. The second kappa shape index (κ2) is 6.70. The highest BCUT2D eigenvalue weighted by Gasteiger charge is 2.17. The Hall–Kier alpha value is -1.95. The number of rotatable bonds is 7. The largest absolute Gasteiger partial charge is 0.383 e. The summed E-state index contributed by atoms with van der Waals surface area (Å²) < 4.78 is 5.02. The van der Waals surface area contributed by atoms with Crippen LogP contribution in [0.15, 0.2) is 18.2 Å². The van der Waals surface area contributed by atoms with E-state index in [4.69, 9.17) is 4.74 Å². The van der Waals surface area contributed by atoms with Crippen LogP contribution in [0.1, 0.15) is 23.7 Å². The number of nitro benzene ring substituents is 1. The third-order valence-electron chi connectivity index (χ3n) is 2.57. The molecule has 0 bridgehead atoms. The van der Waals surface area contributed by atoms with Crippen LogP contribution in [0.5, 0.6) is 0 Å². The summed E-state index contributed by atoms with van der Waals surface area (Å²) in [7, 11) is 1.58. The van der Waals surface area contributed by atoms with Gasteiger partial charge in [0.15, 0.2) is 0 Å². The van der Waals surface area contributed by atoms with Gasteiger partial charge >= 0.3 is 0 Å². The van der Waals surface area contributed by atoms with Crippen LogP contribution in [0.25, 0.3) is 0 Å². The fourth-order valence-electron chi connectivity index (χ4n) is 1.58. The van der Waals surface area contributed by atoms with Crippen LogP contribution in [0.2, 0.25) is 0 Å². The molecule has 0 aliphatic carbocycles. The predicted octanol–water partition coefficient (Wildman–Crippen LogP) is 2.24. The first-order chi connectivity index (χ1) is 8.62. The van der Waals surface area contributed by atoms with Crippen molar-refractivity contribution in [1.82, 2.24) is 0 Å². The molecule has 1 rings (SSSR count). The smallest absolute Gasteiger partial charge is 0.293 e. The van der Waals surface area contributed by atoms with Gasteiger partial charge in [0.2, 0.25) is 0 Å². The van der Waals surface area contributed by atoms with Gasteiger partial charge in [0.05, 0.1) is 11.5 Å². The van der Waals surface area contributed by atoms with Crippen LogP contribution in [-0.2, 0) is 4.74 Å². The molecule has 1 atom stereocenters. The Labute approximate surface area is 105 Å². The number of benzene rings is 1. The lowest BCUT2D eigenvalue weighted by Crippen LogP contribution is -2.24. The minimum Gasteiger partial charge on any atom is -0.383 e. The SMILES string of the molecule is CCC(COC)Nc1ccc(C=O)cc1[N+](=O)[O-]. The summed E-state index contributed by atoms with van der Waals surface area (Å²) in [4.78, 5) is 21.0. The van der Waals surface area contributed by atoms with Crippen LogP contribution in [0.4, 0.5) is 11.4 Å². The van der Waals surface area contributed by atoms with E-state index in [-0.39, 0.29) is 17.3 Å². The highest BCUT2D eigenvalue weighted by Crippen LogP contribution is 2.26. The molecule has 0 amide bonds. The van der Waals surface area contributed by atoms with Gasteiger partial charge < -0.3 is 10.1 Å². The molecule has 0 radical (unpaired) electrons. The van der Waals surface area contributed by atoms with Crippen molar-refractivity contribution in [2.24, 2.45) is 0 Å². The van der Waals surface area contributed by atoms with Gasteiger partial charge in [0, 0.05) is 24.8 Å².